The number of hydrogen-bond donors (Lipinski definition) is 1. The van der Waals surface area contributed by atoms with E-state index in [0.717, 1.165) is 24.2 Å². The normalized spacial score (nSPS) is 12.2. The first-order chi connectivity index (χ1) is 7.69. The Kier molecular flexibility index (Phi) is 4.99. The Hall–Kier alpha value is -1.35. The van der Waals surface area contributed by atoms with Crippen molar-refractivity contribution >= 4 is 5.78 Å². The number of carbonyl (C=O) groups is 1. The predicted octanol–water partition coefficient (Wildman–Crippen LogP) is 1.93. The van der Waals surface area contributed by atoms with Crippen LogP contribution in [0.3, 0.4) is 0 Å². The zero-order valence-electron chi connectivity index (χ0n) is 9.90. The number of benzene rings is 1. The minimum atomic E-state index is -0.352. The van der Waals surface area contributed by atoms with Gasteiger partial charge >= 0.3 is 0 Å². The summed E-state index contributed by atoms with van der Waals surface area (Å²) in [5.74, 6) is 0.825. The van der Waals surface area contributed by atoms with Crippen LogP contribution in [0.25, 0.3) is 0 Å². The van der Waals surface area contributed by atoms with E-state index in [0.29, 0.717) is 6.42 Å². The lowest BCUT2D eigenvalue weighted by molar-refractivity contribution is -0.119. The number of nitrogens with two attached hydrogens (primary N) is 1. The molecule has 88 valence electrons. The minimum absolute atomic E-state index is 0.0753. The van der Waals surface area contributed by atoms with Crippen molar-refractivity contribution < 1.29 is 9.53 Å². The van der Waals surface area contributed by atoms with Gasteiger partial charge in [-0.1, -0.05) is 31.5 Å². The van der Waals surface area contributed by atoms with Gasteiger partial charge in [0.15, 0.2) is 5.78 Å². The zero-order valence-corrected chi connectivity index (χ0v) is 9.90. The molecule has 1 rings (SSSR count). The molecule has 0 aliphatic heterocycles. The van der Waals surface area contributed by atoms with Crippen LogP contribution in [0.2, 0.25) is 0 Å². The van der Waals surface area contributed by atoms with Crippen LogP contribution in [0.5, 0.6) is 5.75 Å². The van der Waals surface area contributed by atoms with Crippen LogP contribution in [0.1, 0.15) is 25.3 Å². The number of carbonyl (C=O) groups excluding carboxylic acids is 1. The molecule has 0 bridgehead atoms. The van der Waals surface area contributed by atoms with Crippen molar-refractivity contribution in [1.82, 2.24) is 0 Å². The Labute approximate surface area is 96.6 Å². The molecule has 0 saturated carbocycles. The third-order valence-corrected chi connectivity index (χ3v) is 2.57. The first-order valence-corrected chi connectivity index (χ1v) is 5.59. The Morgan fingerprint density at radius 3 is 2.75 bits per heavy atom. The molecule has 1 aromatic rings. The standard InChI is InChI=1S/C13H19NO2/c1-3-6-11(14)12(15)9-10-7-4-5-8-13(10)16-2/h4-5,7-8,11H,3,6,9,14H2,1-2H3. The number of rotatable bonds is 6. The van der Waals surface area contributed by atoms with Gasteiger partial charge in [0.25, 0.3) is 0 Å². The van der Waals surface area contributed by atoms with Gasteiger partial charge in [-0.15, -0.1) is 0 Å². The first kappa shape index (κ1) is 12.7. The third-order valence-electron chi connectivity index (χ3n) is 2.57. The first-order valence-electron chi connectivity index (χ1n) is 5.59. The van der Waals surface area contributed by atoms with E-state index in [-0.39, 0.29) is 11.8 Å². The second kappa shape index (κ2) is 6.28. The Morgan fingerprint density at radius 1 is 1.44 bits per heavy atom. The van der Waals surface area contributed by atoms with Crippen molar-refractivity contribution in [3.05, 3.63) is 29.8 Å². The van der Waals surface area contributed by atoms with Crippen LogP contribution in [-0.2, 0) is 11.2 Å². The van der Waals surface area contributed by atoms with Gasteiger partial charge in [0.2, 0.25) is 0 Å². The number of para-hydroxylation sites is 1. The summed E-state index contributed by atoms with van der Waals surface area (Å²) in [6.45, 7) is 2.02. The van der Waals surface area contributed by atoms with Gasteiger partial charge in [0.05, 0.1) is 13.2 Å². The van der Waals surface area contributed by atoms with Crippen molar-refractivity contribution in [2.45, 2.75) is 32.2 Å². The molecule has 0 fully saturated rings. The lowest BCUT2D eigenvalue weighted by atomic mass is 10.0. The Morgan fingerprint density at radius 2 is 2.12 bits per heavy atom. The van der Waals surface area contributed by atoms with Gasteiger partial charge in [-0.2, -0.15) is 0 Å². The molecule has 0 aliphatic carbocycles. The molecule has 1 unspecified atom stereocenters. The average molecular weight is 221 g/mol. The summed E-state index contributed by atoms with van der Waals surface area (Å²) in [4.78, 5) is 11.8. The van der Waals surface area contributed by atoms with Crippen molar-refractivity contribution in [3.63, 3.8) is 0 Å². The number of hydrogen-bond acceptors (Lipinski definition) is 3. The summed E-state index contributed by atoms with van der Waals surface area (Å²) in [6, 6.07) is 7.19. The minimum Gasteiger partial charge on any atom is -0.496 e. The van der Waals surface area contributed by atoms with E-state index in [9.17, 15) is 4.79 Å². The van der Waals surface area contributed by atoms with E-state index in [4.69, 9.17) is 10.5 Å². The van der Waals surface area contributed by atoms with Gasteiger partial charge in [-0.3, -0.25) is 4.79 Å². The highest BCUT2D eigenvalue weighted by atomic mass is 16.5. The topological polar surface area (TPSA) is 52.3 Å². The Bertz CT molecular complexity index is 350. The van der Waals surface area contributed by atoms with Crippen molar-refractivity contribution in [2.75, 3.05) is 7.11 Å². The maximum Gasteiger partial charge on any atom is 0.154 e. The summed E-state index contributed by atoms with van der Waals surface area (Å²) in [5, 5.41) is 0. The van der Waals surface area contributed by atoms with Crippen LogP contribution in [0.4, 0.5) is 0 Å². The largest absolute Gasteiger partial charge is 0.496 e. The van der Waals surface area contributed by atoms with E-state index in [1.807, 2.05) is 31.2 Å². The number of methoxy groups -OCH3 is 1. The molecule has 0 heterocycles. The molecule has 0 spiro atoms. The molecule has 1 atom stereocenters. The maximum atomic E-state index is 11.8. The lowest BCUT2D eigenvalue weighted by Crippen LogP contribution is -2.31. The van der Waals surface area contributed by atoms with Crippen LogP contribution >= 0.6 is 0 Å². The molecule has 3 heteroatoms. The van der Waals surface area contributed by atoms with Gasteiger partial charge in [0, 0.05) is 12.0 Å². The maximum absolute atomic E-state index is 11.8. The SMILES string of the molecule is CCCC(N)C(=O)Cc1ccccc1OC. The molecule has 2 N–H and O–H groups in total. The fourth-order valence-corrected chi connectivity index (χ4v) is 1.64. The van der Waals surface area contributed by atoms with E-state index < -0.39 is 0 Å². The van der Waals surface area contributed by atoms with Crippen molar-refractivity contribution in [1.29, 1.82) is 0 Å². The number of ketones is 1. The molecule has 0 saturated heterocycles. The van der Waals surface area contributed by atoms with Crippen molar-refractivity contribution in [3.8, 4) is 5.75 Å². The fraction of sp³-hybridized carbons (Fsp3) is 0.462. The van der Waals surface area contributed by atoms with Crippen LogP contribution in [-0.4, -0.2) is 18.9 Å². The monoisotopic (exact) mass is 221 g/mol. The van der Waals surface area contributed by atoms with Crippen molar-refractivity contribution in [2.24, 2.45) is 5.73 Å². The smallest absolute Gasteiger partial charge is 0.154 e. The zero-order chi connectivity index (χ0) is 12.0. The fourth-order valence-electron chi connectivity index (χ4n) is 1.64. The molecule has 0 radical (unpaired) electrons. The number of ether oxygens (including phenoxy) is 1. The van der Waals surface area contributed by atoms with Crippen LogP contribution in [0, 0.1) is 0 Å². The summed E-state index contributed by atoms with van der Waals surface area (Å²) >= 11 is 0. The van der Waals surface area contributed by atoms with Gasteiger partial charge < -0.3 is 10.5 Å². The highest BCUT2D eigenvalue weighted by Crippen LogP contribution is 2.18. The Balaban J connectivity index is 2.69. The van der Waals surface area contributed by atoms with Crippen LogP contribution < -0.4 is 10.5 Å². The summed E-state index contributed by atoms with van der Waals surface area (Å²) in [5.41, 5.74) is 6.68. The highest BCUT2D eigenvalue weighted by Gasteiger charge is 2.14. The molecule has 1 aromatic carbocycles. The molecule has 0 amide bonds. The summed E-state index contributed by atoms with van der Waals surface area (Å²) in [7, 11) is 1.61. The summed E-state index contributed by atoms with van der Waals surface area (Å²) < 4.78 is 5.19. The van der Waals surface area contributed by atoms with E-state index in [1.165, 1.54) is 0 Å². The molecule has 3 nitrogen and oxygen atoms in total. The van der Waals surface area contributed by atoms with Crippen LogP contribution in [0.15, 0.2) is 24.3 Å². The molecule has 16 heavy (non-hydrogen) atoms. The molecule has 0 aromatic heterocycles. The molecular weight excluding hydrogens is 202 g/mol. The van der Waals surface area contributed by atoms with Gasteiger partial charge in [-0.25, -0.2) is 0 Å². The lowest BCUT2D eigenvalue weighted by Gasteiger charge is -2.11. The third kappa shape index (κ3) is 3.35. The summed E-state index contributed by atoms with van der Waals surface area (Å²) in [6.07, 6.45) is 2.03. The second-order valence-electron chi connectivity index (χ2n) is 3.85. The number of Topliss-reactive ketones (excluding diaryl/α,β-unsaturated/α-hetero) is 1. The van der Waals surface area contributed by atoms with Gasteiger partial charge in [-0.05, 0) is 12.5 Å². The second-order valence-corrected chi connectivity index (χ2v) is 3.85. The highest BCUT2D eigenvalue weighted by molar-refractivity contribution is 5.86. The predicted molar refractivity (Wildman–Crippen MR) is 64.6 cm³/mol. The van der Waals surface area contributed by atoms with E-state index in [2.05, 4.69) is 0 Å². The average Bonchev–Trinajstić information content (AvgIpc) is 2.30. The molecule has 0 aliphatic rings. The quantitative estimate of drug-likeness (QED) is 0.798. The van der Waals surface area contributed by atoms with E-state index in [1.54, 1.807) is 7.11 Å². The van der Waals surface area contributed by atoms with E-state index >= 15 is 0 Å². The molecular formula is C13H19NO2. The van der Waals surface area contributed by atoms with Gasteiger partial charge in [0.1, 0.15) is 5.75 Å².